The summed E-state index contributed by atoms with van der Waals surface area (Å²) in [6.07, 6.45) is 0. The number of carbonyl (C=O) groups excluding carboxylic acids is 1. The molecule has 1 aromatic carbocycles. The predicted molar refractivity (Wildman–Crippen MR) is 70.1 cm³/mol. The molecule has 15 heavy (non-hydrogen) atoms. The highest BCUT2D eigenvalue weighted by atomic mass is 127. The van der Waals surface area contributed by atoms with Crippen molar-refractivity contribution in [3.63, 3.8) is 0 Å². The van der Waals surface area contributed by atoms with Crippen LogP contribution in [0.5, 0.6) is 5.75 Å². The second-order valence-electron chi connectivity index (χ2n) is 2.66. The Morgan fingerprint density at radius 3 is 2.40 bits per heavy atom. The smallest absolute Gasteiger partial charge is 0.339 e. The zero-order chi connectivity index (χ0) is 11.6. The van der Waals surface area contributed by atoms with Crippen molar-refractivity contribution in [1.82, 2.24) is 0 Å². The van der Waals surface area contributed by atoms with Gasteiger partial charge < -0.3 is 9.84 Å². The molecule has 1 N–H and O–H groups in total. The fraction of sp³-hybridized carbons (Fsp3) is 0.111. The first kappa shape index (κ1) is 12.7. The van der Waals surface area contributed by atoms with E-state index in [4.69, 9.17) is 9.84 Å². The first-order chi connectivity index (χ1) is 6.91. The number of carboxylic acids is 1. The third-order valence-electron chi connectivity index (χ3n) is 1.48. The van der Waals surface area contributed by atoms with Gasteiger partial charge in [0.15, 0.2) is 5.75 Å². The van der Waals surface area contributed by atoms with E-state index >= 15 is 0 Å². The number of ether oxygens (including phenoxy) is 1. The quantitative estimate of drug-likeness (QED) is 0.444. The average Bonchev–Trinajstić information content (AvgIpc) is 2.08. The van der Waals surface area contributed by atoms with Crippen molar-refractivity contribution in [3.8, 4) is 5.75 Å². The Bertz CT molecular complexity index is 428. The van der Waals surface area contributed by atoms with Gasteiger partial charge in [-0.3, -0.25) is 4.79 Å². The molecule has 0 saturated heterocycles. The van der Waals surface area contributed by atoms with Gasteiger partial charge in [0.2, 0.25) is 0 Å². The normalized spacial score (nSPS) is 9.80. The van der Waals surface area contributed by atoms with Crippen molar-refractivity contribution in [2.75, 3.05) is 0 Å². The first-order valence-corrected chi connectivity index (χ1v) is 5.98. The number of benzene rings is 1. The van der Waals surface area contributed by atoms with Crippen molar-refractivity contribution in [3.05, 3.63) is 24.8 Å². The lowest BCUT2D eigenvalue weighted by atomic mass is 10.2. The molecule has 0 saturated carbocycles. The molecule has 0 bridgehead atoms. The van der Waals surface area contributed by atoms with E-state index in [1.165, 1.54) is 13.0 Å². The lowest BCUT2D eigenvalue weighted by molar-refractivity contribution is -0.131. The van der Waals surface area contributed by atoms with Crippen LogP contribution >= 0.6 is 45.2 Å². The molecule has 1 aromatic rings. The fourth-order valence-electron chi connectivity index (χ4n) is 0.967. The molecule has 6 heteroatoms. The summed E-state index contributed by atoms with van der Waals surface area (Å²) in [4.78, 5) is 21.7. The van der Waals surface area contributed by atoms with E-state index in [1.807, 2.05) is 45.2 Å². The van der Waals surface area contributed by atoms with Gasteiger partial charge >= 0.3 is 11.9 Å². The Hall–Kier alpha value is -0.380. The maximum atomic E-state index is 10.9. The fourth-order valence-corrected chi connectivity index (χ4v) is 2.92. The van der Waals surface area contributed by atoms with Crippen LogP contribution in [-0.4, -0.2) is 17.0 Å². The van der Waals surface area contributed by atoms with Crippen LogP contribution in [0.3, 0.4) is 0 Å². The van der Waals surface area contributed by atoms with Crippen molar-refractivity contribution in [2.45, 2.75) is 6.92 Å². The lowest BCUT2D eigenvalue weighted by Crippen LogP contribution is -2.09. The van der Waals surface area contributed by atoms with Gasteiger partial charge in [-0.1, -0.05) is 0 Å². The molecule has 0 aliphatic carbocycles. The van der Waals surface area contributed by atoms with Crippen LogP contribution in [0.15, 0.2) is 12.1 Å². The molecule has 0 fully saturated rings. The second kappa shape index (κ2) is 5.10. The highest BCUT2D eigenvalue weighted by Crippen LogP contribution is 2.28. The minimum Gasteiger partial charge on any atom is -0.478 e. The van der Waals surface area contributed by atoms with E-state index < -0.39 is 11.9 Å². The largest absolute Gasteiger partial charge is 0.478 e. The van der Waals surface area contributed by atoms with Crippen molar-refractivity contribution in [1.29, 1.82) is 0 Å². The molecule has 0 spiro atoms. The zero-order valence-corrected chi connectivity index (χ0v) is 11.9. The molecular formula is C9H6I2O4. The molecule has 1 rings (SSSR count). The van der Waals surface area contributed by atoms with Crippen LogP contribution in [0.1, 0.15) is 17.3 Å². The van der Waals surface area contributed by atoms with Gasteiger partial charge in [0.25, 0.3) is 0 Å². The number of hydrogen-bond acceptors (Lipinski definition) is 3. The van der Waals surface area contributed by atoms with Gasteiger partial charge in [-0.15, -0.1) is 0 Å². The molecule has 4 nitrogen and oxygen atoms in total. The molecule has 0 aliphatic rings. The first-order valence-electron chi connectivity index (χ1n) is 3.82. The number of carboxylic acid groups (broad SMARTS) is 1. The highest BCUT2D eigenvalue weighted by molar-refractivity contribution is 14.1. The van der Waals surface area contributed by atoms with Gasteiger partial charge in [0.1, 0.15) is 5.56 Å². The van der Waals surface area contributed by atoms with Gasteiger partial charge in [0.05, 0.1) is 3.57 Å². The van der Waals surface area contributed by atoms with E-state index in [2.05, 4.69) is 0 Å². The van der Waals surface area contributed by atoms with Gasteiger partial charge in [0, 0.05) is 10.5 Å². The SMILES string of the molecule is CC(=O)Oc1c(I)cc(I)cc1C(=O)O. The zero-order valence-electron chi connectivity index (χ0n) is 7.58. The summed E-state index contributed by atoms with van der Waals surface area (Å²) in [7, 11) is 0. The maximum absolute atomic E-state index is 10.9. The van der Waals surface area contributed by atoms with Crippen molar-refractivity contribution >= 4 is 57.1 Å². The second-order valence-corrected chi connectivity index (χ2v) is 5.07. The lowest BCUT2D eigenvalue weighted by Gasteiger charge is -2.08. The minimum atomic E-state index is -1.11. The van der Waals surface area contributed by atoms with E-state index in [9.17, 15) is 9.59 Å². The standard InChI is InChI=1S/C9H6I2O4/c1-4(12)15-8-6(9(13)14)2-5(10)3-7(8)11/h2-3H,1H3,(H,13,14). The Morgan fingerprint density at radius 2 is 1.93 bits per heavy atom. The topological polar surface area (TPSA) is 63.6 Å². The number of rotatable bonds is 2. The average molecular weight is 432 g/mol. The summed E-state index contributed by atoms with van der Waals surface area (Å²) in [5, 5.41) is 8.93. The predicted octanol–water partition coefficient (Wildman–Crippen LogP) is 2.52. The summed E-state index contributed by atoms with van der Waals surface area (Å²) in [5.74, 6) is -1.53. The maximum Gasteiger partial charge on any atom is 0.339 e. The van der Waals surface area contributed by atoms with Crippen LogP contribution in [0.25, 0.3) is 0 Å². The Labute approximate surface area is 113 Å². The molecule has 0 atom stereocenters. The molecule has 0 aromatic heterocycles. The van der Waals surface area contributed by atoms with Crippen LogP contribution in [0.4, 0.5) is 0 Å². The molecule has 0 aliphatic heterocycles. The molecule has 0 radical (unpaired) electrons. The molecular weight excluding hydrogens is 426 g/mol. The summed E-state index contributed by atoms with van der Waals surface area (Å²) >= 11 is 3.94. The van der Waals surface area contributed by atoms with Crippen molar-refractivity contribution in [2.24, 2.45) is 0 Å². The Balaban J connectivity index is 3.33. The summed E-state index contributed by atoms with van der Waals surface area (Å²) in [6, 6.07) is 3.20. The third-order valence-corrected chi connectivity index (χ3v) is 2.91. The monoisotopic (exact) mass is 432 g/mol. The van der Waals surface area contributed by atoms with Gasteiger partial charge in [-0.2, -0.15) is 0 Å². The number of aromatic carboxylic acids is 1. The van der Waals surface area contributed by atoms with E-state index in [0.717, 1.165) is 3.57 Å². The van der Waals surface area contributed by atoms with Crippen LogP contribution < -0.4 is 4.74 Å². The summed E-state index contributed by atoms with van der Waals surface area (Å²) in [5.41, 5.74) is 0.00139. The molecule has 0 amide bonds. The molecule has 80 valence electrons. The van der Waals surface area contributed by atoms with Crippen LogP contribution in [0.2, 0.25) is 0 Å². The molecule has 0 heterocycles. The summed E-state index contributed by atoms with van der Waals surface area (Å²) in [6.45, 7) is 1.24. The van der Waals surface area contributed by atoms with Gasteiger partial charge in [-0.05, 0) is 57.3 Å². The number of halogens is 2. The van der Waals surface area contributed by atoms with E-state index in [1.54, 1.807) is 6.07 Å². The van der Waals surface area contributed by atoms with Crippen LogP contribution in [-0.2, 0) is 4.79 Å². The number of carbonyl (C=O) groups is 2. The summed E-state index contributed by atoms with van der Waals surface area (Å²) < 4.78 is 6.25. The Morgan fingerprint density at radius 1 is 1.33 bits per heavy atom. The molecule has 0 unspecified atom stereocenters. The number of hydrogen-bond donors (Lipinski definition) is 1. The van der Waals surface area contributed by atoms with Crippen molar-refractivity contribution < 1.29 is 19.4 Å². The Kier molecular flexibility index (Phi) is 4.32. The van der Waals surface area contributed by atoms with Gasteiger partial charge in [-0.25, -0.2) is 4.79 Å². The van der Waals surface area contributed by atoms with Crippen LogP contribution in [0, 0.1) is 7.14 Å². The highest BCUT2D eigenvalue weighted by Gasteiger charge is 2.17. The van der Waals surface area contributed by atoms with E-state index in [0.29, 0.717) is 3.57 Å². The minimum absolute atomic E-state index is 0.00139. The third kappa shape index (κ3) is 3.30. The number of esters is 1. The van der Waals surface area contributed by atoms with E-state index in [-0.39, 0.29) is 11.3 Å².